The lowest BCUT2D eigenvalue weighted by molar-refractivity contribution is -0.147. The molecule has 1 amide bonds. The number of esters is 1. The lowest BCUT2D eigenvalue weighted by Gasteiger charge is -2.35. The lowest BCUT2D eigenvalue weighted by atomic mass is 9.94. The molecule has 2 atom stereocenters. The van der Waals surface area contributed by atoms with Crippen molar-refractivity contribution in [1.82, 2.24) is 4.90 Å². The van der Waals surface area contributed by atoms with Crippen LogP contribution in [0.1, 0.15) is 60.2 Å². The van der Waals surface area contributed by atoms with Gasteiger partial charge in [0.1, 0.15) is 0 Å². The Kier molecular flexibility index (Phi) is 9.93. The molecule has 0 aliphatic carbocycles. The Hall–Kier alpha value is -2.64. The number of carbonyl (C=O) groups is 2. The summed E-state index contributed by atoms with van der Waals surface area (Å²) in [7, 11) is 0. The smallest absolute Gasteiger partial charge is 0.338 e. The Labute approximate surface area is 212 Å². The van der Waals surface area contributed by atoms with Gasteiger partial charge in [-0.1, -0.05) is 41.1 Å². The number of fused-ring (bicyclic) bond motifs is 1. The molecular weight excluding hydrogens is 468 g/mol. The molecule has 0 saturated carbocycles. The third kappa shape index (κ3) is 7.67. The van der Waals surface area contributed by atoms with Gasteiger partial charge in [0.25, 0.3) is 5.91 Å². The molecule has 0 N–H and O–H groups in total. The fourth-order valence-electron chi connectivity index (χ4n) is 4.38. The molecule has 2 heterocycles. The molecule has 0 aromatic heterocycles. The van der Waals surface area contributed by atoms with Crippen molar-refractivity contribution in [3.63, 3.8) is 0 Å². The van der Waals surface area contributed by atoms with Gasteiger partial charge in [0.2, 0.25) is 0 Å². The monoisotopic (exact) mass is 502 g/mol. The second-order valence-electron chi connectivity index (χ2n) is 9.14. The Morgan fingerprint density at radius 2 is 1.80 bits per heavy atom. The van der Waals surface area contributed by atoms with Gasteiger partial charge in [0.05, 0.1) is 30.1 Å². The number of oxime groups is 1. The molecule has 1 aromatic carbocycles. The van der Waals surface area contributed by atoms with E-state index in [1.165, 1.54) is 0 Å². The number of morpholine rings is 1. The minimum atomic E-state index is -0.403. The Morgan fingerprint density at radius 1 is 1.11 bits per heavy atom. The van der Waals surface area contributed by atoms with Gasteiger partial charge in [-0.3, -0.25) is 4.79 Å². The quantitative estimate of drug-likeness (QED) is 0.331. The van der Waals surface area contributed by atoms with Crippen LogP contribution in [0.4, 0.5) is 0 Å². The molecule has 2 aliphatic rings. The predicted molar refractivity (Wildman–Crippen MR) is 137 cm³/mol. The third-order valence-corrected chi connectivity index (χ3v) is 6.47. The number of hydrogen-bond donors (Lipinski definition) is 0. The number of halogens is 1. The highest BCUT2D eigenvalue weighted by Crippen LogP contribution is 2.29. The number of rotatable bonds is 3. The van der Waals surface area contributed by atoms with Crippen LogP contribution in [0.3, 0.4) is 0 Å². The molecule has 3 rings (SSSR count). The molecule has 35 heavy (non-hydrogen) atoms. The SMILES string of the molecule is Cc1cc(C)c2c(c1Cl)CC(=N\OCC(=O)N1CC(C)OC(C)C1)/C=C/CC/C=C/CCOC2=O. The van der Waals surface area contributed by atoms with Gasteiger partial charge in [0, 0.05) is 24.5 Å². The first-order chi connectivity index (χ1) is 16.8. The van der Waals surface area contributed by atoms with Crippen molar-refractivity contribution in [1.29, 1.82) is 0 Å². The molecule has 0 bridgehead atoms. The standard InChI is InChI=1S/C27H35ClN2O5/c1-18-13-19(2)26(28)23-14-22(11-9-7-5-6-8-10-12-33-27(32)25(18)23)29-34-17-24(31)30-15-20(3)35-21(4)16-30/h6,8-9,11,13,20-21H,5,7,10,12,14-17H2,1-4H3/b8-6+,11-9+,29-22-. The first-order valence-corrected chi connectivity index (χ1v) is 12.5. The zero-order valence-corrected chi connectivity index (χ0v) is 21.8. The van der Waals surface area contributed by atoms with Crippen LogP contribution in [0.25, 0.3) is 0 Å². The molecule has 0 radical (unpaired) electrons. The highest BCUT2D eigenvalue weighted by molar-refractivity contribution is 6.33. The van der Waals surface area contributed by atoms with Crippen molar-refractivity contribution < 1.29 is 23.9 Å². The molecule has 1 aromatic rings. The van der Waals surface area contributed by atoms with Gasteiger partial charge in [-0.2, -0.15) is 0 Å². The van der Waals surface area contributed by atoms with Gasteiger partial charge in [-0.25, -0.2) is 4.79 Å². The molecule has 2 unspecified atom stereocenters. The van der Waals surface area contributed by atoms with Crippen LogP contribution in [0.15, 0.2) is 35.5 Å². The Balaban J connectivity index is 1.84. The van der Waals surface area contributed by atoms with Crippen LogP contribution < -0.4 is 0 Å². The summed E-state index contributed by atoms with van der Waals surface area (Å²) in [5, 5.41) is 4.78. The largest absolute Gasteiger partial charge is 0.462 e. The van der Waals surface area contributed by atoms with Crippen molar-refractivity contribution in [3.05, 3.63) is 57.6 Å². The lowest BCUT2D eigenvalue weighted by Crippen LogP contribution is -2.49. The number of carbonyl (C=O) groups excluding carboxylic acids is 2. The van der Waals surface area contributed by atoms with E-state index in [1.54, 1.807) is 4.90 Å². The van der Waals surface area contributed by atoms with Crippen LogP contribution >= 0.6 is 11.6 Å². The fourth-order valence-corrected chi connectivity index (χ4v) is 4.60. The third-order valence-electron chi connectivity index (χ3n) is 5.94. The summed E-state index contributed by atoms with van der Waals surface area (Å²) >= 11 is 6.67. The number of ether oxygens (including phenoxy) is 2. The van der Waals surface area contributed by atoms with Crippen LogP contribution in [0.2, 0.25) is 5.02 Å². The molecule has 0 spiro atoms. The molecule has 8 heteroatoms. The summed E-state index contributed by atoms with van der Waals surface area (Å²) in [6.07, 6.45) is 10.6. The van der Waals surface area contributed by atoms with Gasteiger partial charge in [0.15, 0.2) is 6.61 Å². The average Bonchev–Trinajstić information content (AvgIpc) is 2.79. The number of allylic oxidation sites excluding steroid dienone is 3. The van der Waals surface area contributed by atoms with Crippen LogP contribution in [-0.2, 0) is 25.5 Å². The maximum Gasteiger partial charge on any atom is 0.338 e. The zero-order valence-electron chi connectivity index (χ0n) is 21.0. The summed E-state index contributed by atoms with van der Waals surface area (Å²) < 4.78 is 11.2. The zero-order chi connectivity index (χ0) is 25.4. The molecule has 1 saturated heterocycles. The second kappa shape index (κ2) is 12.9. The van der Waals surface area contributed by atoms with Crippen molar-refractivity contribution in [2.75, 3.05) is 26.3 Å². The van der Waals surface area contributed by atoms with Gasteiger partial charge < -0.3 is 19.2 Å². The summed E-state index contributed by atoms with van der Waals surface area (Å²) in [5.41, 5.74) is 3.34. The first-order valence-electron chi connectivity index (χ1n) is 12.2. The highest BCUT2D eigenvalue weighted by atomic mass is 35.5. The molecule has 2 aliphatic heterocycles. The Bertz CT molecular complexity index is 1010. The Morgan fingerprint density at radius 3 is 2.54 bits per heavy atom. The maximum absolute atomic E-state index is 12.9. The number of amides is 1. The minimum Gasteiger partial charge on any atom is -0.462 e. The molecular formula is C27H35ClN2O5. The number of hydrogen-bond acceptors (Lipinski definition) is 6. The van der Waals surface area contributed by atoms with E-state index in [0.29, 0.717) is 48.0 Å². The van der Waals surface area contributed by atoms with E-state index in [0.717, 1.165) is 24.0 Å². The minimum absolute atomic E-state index is 0.0181. The molecule has 190 valence electrons. The van der Waals surface area contributed by atoms with E-state index >= 15 is 0 Å². The van der Waals surface area contributed by atoms with E-state index in [1.807, 2.05) is 52.0 Å². The number of cyclic esters (lactones) is 1. The van der Waals surface area contributed by atoms with E-state index in [4.69, 9.17) is 25.9 Å². The predicted octanol–water partition coefficient (Wildman–Crippen LogP) is 4.96. The van der Waals surface area contributed by atoms with Crippen LogP contribution in [-0.4, -0.2) is 61.0 Å². The summed E-state index contributed by atoms with van der Waals surface area (Å²) in [4.78, 5) is 32.8. The van der Waals surface area contributed by atoms with Crippen LogP contribution in [0, 0.1) is 13.8 Å². The number of nitrogens with zero attached hydrogens (tertiary/aromatic N) is 2. The van der Waals surface area contributed by atoms with Gasteiger partial charge in [-0.05, 0) is 69.7 Å². The first kappa shape index (κ1) is 27.0. The fraction of sp³-hybridized carbons (Fsp3) is 0.519. The van der Waals surface area contributed by atoms with Crippen molar-refractivity contribution in [2.45, 2.75) is 65.6 Å². The van der Waals surface area contributed by atoms with Crippen molar-refractivity contribution in [2.24, 2.45) is 5.16 Å². The molecule has 7 nitrogen and oxygen atoms in total. The second-order valence-corrected chi connectivity index (χ2v) is 9.52. The van der Waals surface area contributed by atoms with E-state index < -0.39 is 5.97 Å². The normalized spacial score (nSPS) is 24.8. The summed E-state index contributed by atoms with van der Waals surface area (Å²) in [5.74, 6) is -0.542. The summed E-state index contributed by atoms with van der Waals surface area (Å²) in [6, 6.07) is 1.89. The molecule has 1 fully saturated rings. The summed E-state index contributed by atoms with van der Waals surface area (Å²) in [6.45, 7) is 8.86. The van der Waals surface area contributed by atoms with Crippen molar-refractivity contribution >= 4 is 29.2 Å². The van der Waals surface area contributed by atoms with E-state index in [9.17, 15) is 9.59 Å². The highest BCUT2D eigenvalue weighted by Gasteiger charge is 2.26. The van der Waals surface area contributed by atoms with Gasteiger partial charge in [-0.15, -0.1) is 0 Å². The van der Waals surface area contributed by atoms with Crippen LogP contribution in [0.5, 0.6) is 0 Å². The van der Waals surface area contributed by atoms with Gasteiger partial charge >= 0.3 is 5.97 Å². The van der Waals surface area contributed by atoms with E-state index in [2.05, 4.69) is 11.2 Å². The topological polar surface area (TPSA) is 77.4 Å². The number of aryl methyl sites for hydroxylation is 2. The van der Waals surface area contributed by atoms with E-state index in [-0.39, 0.29) is 31.1 Å². The maximum atomic E-state index is 12.9. The van der Waals surface area contributed by atoms with Crippen molar-refractivity contribution in [3.8, 4) is 0 Å². The number of benzene rings is 1. The average molecular weight is 503 g/mol.